The molecule has 0 amide bonds. The van der Waals surface area contributed by atoms with E-state index >= 15 is 0 Å². The minimum atomic E-state index is 0.659. The lowest BCUT2D eigenvalue weighted by Crippen LogP contribution is -2.28. The Morgan fingerprint density at radius 2 is 2.11 bits per heavy atom. The highest BCUT2D eigenvalue weighted by molar-refractivity contribution is 5.39. The van der Waals surface area contributed by atoms with Crippen LogP contribution in [0.2, 0.25) is 0 Å². The zero-order chi connectivity index (χ0) is 13.2. The first-order chi connectivity index (χ1) is 9.24. The van der Waals surface area contributed by atoms with Crippen molar-refractivity contribution in [1.29, 1.82) is 0 Å². The van der Waals surface area contributed by atoms with E-state index in [4.69, 9.17) is 5.10 Å². The molecule has 1 aliphatic heterocycles. The second kappa shape index (κ2) is 5.56. The van der Waals surface area contributed by atoms with Crippen LogP contribution < -0.4 is 5.32 Å². The molecule has 0 spiro atoms. The molecule has 1 aromatic heterocycles. The second-order valence-electron chi connectivity index (χ2n) is 6.73. The number of nitrogens with zero attached hydrogens (tertiary/aromatic N) is 2. The van der Waals surface area contributed by atoms with Crippen molar-refractivity contribution >= 4 is 5.82 Å². The normalized spacial score (nSPS) is 23.6. The van der Waals surface area contributed by atoms with Crippen molar-refractivity contribution in [3.63, 3.8) is 0 Å². The highest BCUT2D eigenvalue weighted by atomic mass is 15.4. The Bertz CT molecular complexity index is 416. The predicted molar refractivity (Wildman–Crippen MR) is 79.5 cm³/mol. The zero-order valence-corrected chi connectivity index (χ0v) is 12.4. The lowest BCUT2D eigenvalue weighted by molar-refractivity contribution is 0.289. The fraction of sp³-hybridized carbons (Fsp3) is 0.812. The third kappa shape index (κ3) is 2.80. The van der Waals surface area contributed by atoms with E-state index in [0.29, 0.717) is 6.04 Å². The molecule has 0 saturated heterocycles. The Hall–Kier alpha value is -0.990. The first-order valence-corrected chi connectivity index (χ1v) is 8.06. The molecular weight excluding hydrogens is 234 g/mol. The van der Waals surface area contributed by atoms with Crippen LogP contribution in [-0.2, 0) is 6.42 Å². The van der Waals surface area contributed by atoms with Crippen molar-refractivity contribution in [3.8, 4) is 0 Å². The van der Waals surface area contributed by atoms with Crippen molar-refractivity contribution in [2.75, 3.05) is 11.9 Å². The number of hydrogen-bond donors (Lipinski definition) is 1. The Balaban J connectivity index is 1.75. The lowest BCUT2D eigenvalue weighted by atomic mass is 9.94. The molecule has 1 fully saturated rings. The number of anilines is 1. The summed E-state index contributed by atoms with van der Waals surface area (Å²) < 4.78 is 2.31. The third-order valence-electron chi connectivity index (χ3n) is 4.77. The summed E-state index contributed by atoms with van der Waals surface area (Å²) in [4.78, 5) is 0. The third-order valence-corrected chi connectivity index (χ3v) is 4.77. The van der Waals surface area contributed by atoms with Gasteiger partial charge in [0.1, 0.15) is 5.82 Å². The molecule has 0 bridgehead atoms. The molecule has 19 heavy (non-hydrogen) atoms. The van der Waals surface area contributed by atoms with Gasteiger partial charge < -0.3 is 5.32 Å². The monoisotopic (exact) mass is 261 g/mol. The Morgan fingerprint density at radius 3 is 2.84 bits per heavy atom. The molecule has 1 N–H and O–H groups in total. The maximum absolute atomic E-state index is 4.90. The van der Waals surface area contributed by atoms with Gasteiger partial charge in [0.15, 0.2) is 0 Å². The maximum Gasteiger partial charge on any atom is 0.124 e. The lowest BCUT2D eigenvalue weighted by Gasteiger charge is -2.30. The van der Waals surface area contributed by atoms with Crippen LogP contribution in [0.3, 0.4) is 0 Å². The summed E-state index contributed by atoms with van der Waals surface area (Å²) in [5, 5.41) is 8.43. The quantitative estimate of drug-likeness (QED) is 0.887. The molecule has 1 aliphatic carbocycles. The zero-order valence-electron chi connectivity index (χ0n) is 12.4. The van der Waals surface area contributed by atoms with E-state index in [9.17, 15) is 0 Å². The molecule has 3 heteroatoms. The molecule has 1 atom stereocenters. The van der Waals surface area contributed by atoms with Crippen LogP contribution in [0.15, 0.2) is 6.07 Å². The smallest absolute Gasteiger partial charge is 0.124 e. The van der Waals surface area contributed by atoms with Gasteiger partial charge in [0, 0.05) is 12.6 Å². The summed E-state index contributed by atoms with van der Waals surface area (Å²) in [6, 6.07) is 2.94. The van der Waals surface area contributed by atoms with Gasteiger partial charge in [0.05, 0.1) is 11.7 Å². The molecule has 3 rings (SSSR count). The Kier molecular flexibility index (Phi) is 3.81. The standard InChI is InChI=1S/C16H27N3/c1-12(2)7-8-14-11-16-17-10-9-15(19(16)18-14)13-5-3-4-6-13/h11-13,15,17H,3-10H2,1-2H3. The summed E-state index contributed by atoms with van der Waals surface area (Å²) in [6.07, 6.45) is 9.28. The van der Waals surface area contributed by atoms with Gasteiger partial charge in [-0.2, -0.15) is 5.10 Å². The molecule has 3 nitrogen and oxygen atoms in total. The van der Waals surface area contributed by atoms with E-state index in [1.54, 1.807) is 0 Å². The highest BCUT2D eigenvalue weighted by Crippen LogP contribution is 2.39. The number of nitrogens with one attached hydrogen (secondary N) is 1. The van der Waals surface area contributed by atoms with Crippen LogP contribution in [0.25, 0.3) is 0 Å². The maximum atomic E-state index is 4.90. The van der Waals surface area contributed by atoms with E-state index in [1.807, 2.05) is 0 Å². The van der Waals surface area contributed by atoms with Gasteiger partial charge in [-0.1, -0.05) is 26.7 Å². The number of aryl methyl sites for hydroxylation is 1. The summed E-state index contributed by atoms with van der Waals surface area (Å²) in [7, 11) is 0. The van der Waals surface area contributed by atoms with Crippen LogP contribution in [0.4, 0.5) is 5.82 Å². The number of hydrogen-bond acceptors (Lipinski definition) is 2. The van der Waals surface area contributed by atoms with E-state index in [2.05, 4.69) is 29.9 Å². The largest absolute Gasteiger partial charge is 0.370 e. The van der Waals surface area contributed by atoms with Gasteiger partial charge >= 0.3 is 0 Å². The summed E-state index contributed by atoms with van der Waals surface area (Å²) in [6.45, 7) is 5.70. The fourth-order valence-corrected chi connectivity index (χ4v) is 3.64. The Labute approximate surface area is 116 Å². The summed E-state index contributed by atoms with van der Waals surface area (Å²) in [5.74, 6) is 2.90. The molecule has 2 heterocycles. The van der Waals surface area contributed by atoms with E-state index in [1.165, 1.54) is 50.0 Å². The number of fused-ring (bicyclic) bond motifs is 1. The van der Waals surface area contributed by atoms with Crippen molar-refractivity contribution in [2.24, 2.45) is 11.8 Å². The van der Waals surface area contributed by atoms with Gasteiger partial charge in [-0.15, -0.1) is 0 Å². The second-order valence-corrected chi connectivity index (χ2v) is 6.73. The van der Waals surface area contributed by atoms with Crippen LogP contribution in [-0.4, -0.2) is 16.3 Å². The molecular formula is C16H27N3. The minimum absolute atomic E-state index is 0.659. The average molecular weight is 261 g/mol. The molecule has 0 radical (unpaired) electrons. The molecule has 2 aliphatic rings. The molecule has 1 aromatic rings. The van der Waals surface area contributed by atoms with Gasteiger partial charge in [-0.3, -0.25) is 0 Å². The van der Waals surface area contributed by atoms with Crippen molar-refractivity contribution < 1.29 is 0 Å². The van der Waals surface area contributed by atoms with Crippen molar-refractivity contribution in [2.45, 2.75) is 64.8 Å². The van der Waals surface area contributed by atoms with E-state index in [0.717, 1.165) is 24.8 Å². The fourth-order valence-electron chi connectivity index (χ4n) is 3.64. The van der Waals surface area contributed by atoms with Crippen LogP contribution in [0.1, 0.15) is 64.1 Å². The van der Waals surface area contributed by atoms with E-state index in [-0.39, 0.29) is 0 Å². The van der Waals surface area contributed by atoms with Crippen LogP contribution >= 0.6 is 0 Å². The Morgan fingerprint density at radius 1 is 1.32 bits per heavy atom. The predicted octanol–water partition coefficient (Wildman–Crippen LogP) is 4.02. The molecule has 106 valence electrons. The highest BCUT2D eigenvalue weighted by Gasteiger charge is 2.30. The van der Waals surface area contributed by atoms with E-state index < -0.39 is 0 Å². The van der Waals surface area contributed by atoms with Crippen molar-refractivity contribution in [1.82, 2.24) is 9.78 Å². The topological polar surface area (TPSA) is 29.9 Å². The van der Waals surface area contributed by atoms with Gasteiger partial charge in [-0.25, -0.2) is 4.68 Å². The average Bonchev–Trinajstić information content (AvgIpc) is 3.04. The van der Waals surface area contributed by atoms with Crippen molar-refractivity contribution in [3.05, 3.63) is 11.8 Å². The summed E-state index contributed by atoms with van der Waals surface area (Å²) in [5.41, 5.74) is 1.28. The van der Waals surface area contributed by atoms with Gasteiger partial charge in [-0.05, 0) is 43.9 Å². The first kappa shape index (κ1) is 13.0. The number of aromatic nitrogens is 2. The molecule has 0 aromatic carbocycles. The molecule has 1 saturated carbocycles. The summed E-state index contributed by atoms with van der Waals surface area (Å²) >= 11 is 0. The minimum Gasteiger partial charge on any atom is -0.370 e. The van der Waals surface area contributed by atoms with Crippen LogP contribution in [0, 0.1) is 11.8 Å². The van der Waals surface area contributed by atoms with Gasteiger partial charge in [0.25, 0.3) is 0 Å². The first-order valence-electron chi connectivity index (χ1n) is 8.06. The number of rotatable bonds is 4. The SMILES string of the molecule is CC(C)CCc1cc2n(n1)C(C1CCCC1)CCN2. The van der Waals surface area contributed by atoms with Crippen LogP contribution in [0.5, 0.6) is 0 Å². The van der Waals surface area contributed by atoms with Gasteiger partial charge in [0.2, 0.25) is 0 Å². The molecule has 1 unspecified atom stereocenters.